The van der Waals surface area contributed by atoms with E-state index in [1.165, 1.54) is 11.1 Å². The van der Waals surface area contributed by atoms with E-state index in [0.29, 0.717) is 0 Å². The highest BCUT2D eigenvalue weighted by molar-refractivity contribution is 5.75. The Bertz CT molecular complexity index is 665. The average Bonchev–Trinajstić information content (AvgIpc) is 2.94. The van der Waals surface area contributed by atoms with Crippen LogP contribution in [0.25, 0.3) is 5.57 Å². The number of hydrogen-bond donors (Lipinski definition) is 1. The van der Waals surface area contributed by atoms with E-state index in [2.05, 4.69) is 25.1 Å². The van der Waals surface area contributed by atoms with Crippen molar-refractivity contribution in [2.24, 2.45) is 0 Å². The Morgan fingerprint density at radius 3 is 2.35 bits per heavy atom. The maximum atomic E-state index is 10.7. The van der Waals surface area contributed by atoms with Crippen molar-refractivity contribution in [3.8, 4) is 0 Å². The van der Waals surface area contributed by atoms with Crippen LogP contribution in [0.2, 0.25) is 0 Å². The fraction of sp³-hybridized carbons (Fsp3) is 0.158. The highest BCUT2D eigenvalue weighted by Crippen LogP contribution is 2.33. The first-order valence-corrected chi connectivity index (χ1v) is 6.95. The van der Waals surface area contributed by atoms with Gasteiger partial charge in [0.15, 0.2) is 0 Å². The summed E-state index contributed by atoms with van der Waals surface area (Å²) in [4.78, 5) is 0. The van der Waals surface area contributed by atoms with Gasteiger partial charge in [-0.3, -0.25) is 0 Å². The van der Waals surface area contributed by atoms with E-state index in [9.17, 15) is 5.11 Å². The van der Waals surface area contributed by atoms with Gasteiger partial charge in [-0.2, -0.15) is 0 Å². The van der Waals surface area contributed by atoms with Gasteiger partial charge in [-0.05, 0) is 35.6 Å². The lowest BCUT2D eigenvalue weighted by molar-refractivity contribution is 0.220. The van der Waals surface area contributed by atoms with Gasteiger partial charge in [0, 0.05) is 0 Å². The quantitative estimate of drug-likeness (QED) is 0.863. The molecule has 3 rings (SSSR count). The molecule has 0 aliphatic heterocycles. The van der Waals surface area contributed by atoms with Gasteiger partial charge in [0.25, 0.3) is 0 Å². The zero-order valence-corrected chi connectivity index (χ0v) is 11.6. The minimum Gasteiger partial charge on any atom is -0.384 e. The Kier molecular flexibility index (Phi) is 3.53. The Morgan fingerprint density at radius 1 is 0.950 bits per heavy atom. The number of aliphatic hydroxyl groups excluding tert-OH is 1. The Hall–Kier alpha value is -2.12. The van der Waals surface area contributed by atoms with Gasteiger partial charge in [-0.25, -0.2) is 0 Å². The molecule has 0 fully saturated rings. The molecule has 1 N–H and O–H groups in total. The topological polar surface area (TPSA) is 20.2 Å². The van der Waals surface area contributed by atoms with Crippen LogP contribution in [0.1, 0.15) is 36.1 Å². The molecule has 0 spiro atoms. The zero-order chi connectivity index (χ0) is 13.9. The minimum absolute atomic E-state index is 0.575. The summed E-state index contributed by atoms with van der Waals surface area (Å²) in [5.41, 5.74) is 5.64. The van der Waals surface area contributed by atoms with Crippen LogP contribution in [0, 0.1) is 0 Å². The largest absolute Gasteiger partial charge is 0.384 e. The lowest BCUT2D eigenvalue weighted by atomic mass is 9.92. The summed E-state index contributed by atoms with van der Waals surface area (Å²) in [5.74, 6) is 0. The van der Waals surface area contributed by atoms with Gasteiger partial charge in [0.2, 0.25) is 0 Å². The van der Waals surface area contributed by atoms with Crippen molar-refractivity contribution in [2.75, 3.05) is 0 Å². The number of hydrogen-bond acceptors (Lipinski definition) is 1. The molecule has 0 bridgehead atoms. The molecule has 2 aromatic carbocycles. The predicted molar refractivity (Wildman–Crippen MR) is 83.3 cm³/mol. The molecule has 100 valence electrons. The summed E-state index contributed by atoms with van der Waals surface area (Å²) in [7, 11) is 0. The summed E-state index contributed by atoms with van der Waals surface area (Å²) in [6.45, 7) is 2.11. The number of benzene rings is 2. The third kappa shape index (κ3) is 2.45. The van der Waals surface area contributed by atoms with E-state index in [1.807, 2.05) is 48.5 Å². The van der Waals surface area contributed by atoms with Crippen LogP contribution in [0.4, 0.5) is 0 Å². The molecular weight excluding hydrogens is 244 g/mol. The molecule has 1 nitrogen and oxygen atoms in total. The standard InChI is InChI=1S/C19H18O/c1-14-11-12-16(13-14)17-9-5-6-10-18(17)19(20)15-7-3-2-4-8-15/h2-11,13,19-20H,12H2,1H3. The van der Waals surface area contributed by atoms with Gasteiger partial charge >= 0.3 is 0 Å². The summed E-state index contributed by atoms with van der Waals surface area (Å²) in [6, 6.07) is 18.0. The average molecular weight is 262 g/mol. The van der Waals surface area contributed by atoms with Crippen molar-refractivity contribution in [3.63, 3.8) is 0 Å². The molecule has 1 aliphatic rings. The van der Waals surface area contributed by atoms with Crippen LogP contribution in [0.15, 0.2) is 72.3 Å². The molecule has 0 radical (unpaired) electrons. The van der Waals surface area contributed by atoms with Crippen LogP contribution >= 0.6 is 0 Å². The minimum atomic E-state index is -0.575. The smallest absolute Gasteiger partial charge is 0.105 e. The SMILES string of the molecule is CC1=CCC(c2ccccc2C(O)c2ccccc2)=C1. The lowest BCUT2D eigenvalue weighted by Crippen LogP contribution is -2.03. The Morgan fingerprint density at radius 2 is 1.65 bits per heavy atom. The van der Waals surface area contributed by atoms with Crippen LogP contribution in [-0.2, 0) is 0 Å². The monoisotopic (exact) mass is 262 g/mol. The molecule has 1 unspecified atom stereocenters. The highest BCUT2D eigenvalue weighted by Gasteiger charge is 2.17. The molecule has 0 aromatic heterocycles. The van der Waals surface area contributed by atoms with Crippen molar-refractivity contribution in [1.82, 2.24) is 0 Å². The second kappa shape index (κ2) is 5.48. The van der Waals surface area contributed by atoms with Gasteiger partial charge in [-0.15, -0.1) is 0 Å². The number of aliphatic hydroxyl groups is 1. The highest BCUT2D eigenvalue weighted by atomic mass is 16.3. The molecule has 0 amide bonds. The van der Waals surface area contributed by atoms with Gasteiger partial charge in [0.05, 0.1) is 0 Å². The van der Waals surface area contributed by atoms with Crippen LogP contribution in [0.3, 0.4) is 0 Å². The summed E-state index contributed by atoms with van der Waals surface area (Å²) in [6.07, 6.45) is 4.80. The Balaban J connectivity index is 2.01. The molecule has 2 aromatic rings. The van der Waals surface area contributed by atoms with Crippen molar-refractivity contribution < 1.29 is 5.11 Å². The fourth-order valence-electron chi connectivity index (χ4n) is 2.69. The van der Waals surface area contributed by atoms with E-state index in [4.69, 9.17) is 0 Å². The zero-order valence-electron chi connectivity index (χ0n) is 11.6. The van der Waals surface area contributed by atoms with Crippen molar-refractivity contribution in [3.05, 3.63) is 89.0 Å². The maximum absolute atomic E-state index is 10.7. The van der Waals surface area contributed by atoms with Crippen molar-refractivity contribution in [2.45, 2.75) is 19.4 Å². The fourth-order valence-corrected chi connectivity index (χ4v) is 2.69. The molecular formula is C19H18O. The third-order valence-electron chi connectivity index (χ3n) is 3.76. The molecule has 0 saturated heterocycles. The summed E-state index contributed by atoms with van der Waals surface area (Å²) >= 11 is 0. The van der Waals surface area contributed by atoms with Crippen LogP contribution in [-0.4, -0.2) is 5.11 Å². The van der Waals surface area contributed by atoms with E-state index in [0.717, 1.165) is 23.1 Å². The number of allylic oxidation sites excluding steroid dienone is 4. The molecule has 0 saturated carbocycles. The molecule has 0 heterocycles. The van der Waals surface area contributed by atoms with E-state index in [-0.39, 0.29) is 0 Å². The maximum Gasteiger partial charge on any atom is 0.105 e. The molecule has 1 heteroatoms. The lowest BCUT2D eigenvalue weighted by Gasteiger charge is -2.16. The van der Waals surface area contributed by atoms with Gasteiger partial charge in [0.1, 0.15) is 6.10 Å². The molecule has 1 atom stereocenters. The second-order valence-corrected chi connectivity index (χ2v) is 5.22. The first-order chi connectivity index (χ1) is 9.75. The van der Waals surface area contributed by atoms with Gasteiger partial charge < -0.3 is 5.11 Å². The summed E-state index contributed by atoms with van der Waals surface area (Å²) in [5, 5.41) is 10.7. The van der Waals surface area contributed by atoms with Crippen LogP contribution < -0.4 is 0 Å². The molecule has 20 heavy (non-hydrogen) atoms. The normalized spacial score (nSPS) is 15.7. The van der Waals surface area contributed by atoms with E-state index < -0.39 is 6.10 Å². The van der Waals surface area contributed by atoms with Crippen molar-refractivity contribution >= 4 is 5.57 Å². The van der Waals surface area contributed by atoms with Crippen LogP contribution in [0.5, 0.6) is 0 Å². The first kappa shape index (κ1) is 12.9. The molecule has 1 aliphatic carbocycles. The third-order valence-corrected chi connectivity index (χ3v) is 3.76. The first-order valence-electron chi connectivity index (χ1n) is 6.95. The number of rotatable bonds is 3. The Labute approximate surface area is 119 Å². The second-order valence-electron chi connectivity index (χ2n) is 5.22. The van der Waals surface area contributed by atoms with Gasteiger partial charge in [-0.1, -0.05) is 72.3 Å². The van der Waals surface area contributed by atoms with Crippen molar-refractivity contribution in [1.29, 1.82) is 0 Å². The summed E-state index contributed by atoms with van der Waals surface area (Å²) < 4.78 is 0. The van der Waals surface area contributed by atoms with E-state index in [1.54, 1.807) is 0 Å². The van der Waals surface area contributed by atoms with E-state index >= 15 is 0 Å². The predicted octanol–water partition coefficient (Wildman–Crippen LogP) is 4.50.